The predicted molar refractivity (Wildman–Crippen MR) is 62.8 cm³/mol. The van der Waals surface area contributed by atoms with Gasteiger partial charge in [0.15, 0.2) is 12.0 Å². The standard InChI is InChI=1S/C12H15N3O3/c16-7-9-5-15(13-11(9)12(17)18)10-6-14-3-1-8(10)2-4-14/h5,7-8,10H,1-4,6H2,(H,17,18). The minimum atomic E-state index is -1.14. The van der Waals surface area contributed by atoms with Crippen molar-refractivity contribution in [1.29, 1.82) is 0 Å². The lowest BCUT2D eigenvalue weighted by atomic mass is 9.84. The first kappa shape index (κ1) is 11.4. The molecule has 3 fully saturated rings. The Morgan fingerprint density at radius 3 is 2.61 bits per heavy atom. The highest BCUT2D eigenvalue weighted by atomic mass is 16.4. The minimum Gasteiger partial charge on any atom is -0.476 e. The van der Waals surface area contributed by atoms with Crippen LogP contribution in [0.1, 0.15) is 39.7 Å². The van der Waals surface area contributed by atoms with Gasteiger partial charge in [0.2, 0.25) is 0 Å². The normalized spacial score (nSPS) is 30.3. The molecule has 3 saturated heterocycles. The largest absolute Gasteiger partial charge is 0.476 e. The van der Waals surface area contributed by atoms with Crippen molar-refractivity contribution in [2.75, 3.05) is 19.6 Å². The molecule has 3 aliphatic rings. The molecule has 3 aliphatic heterocycles. The molecule has 4 rings (SSSR count). The number of fused-ring (bicyclic) bond motifs is 3. The summed E-state index contributed by atoms with van der Waals surface area (Å²) in [7, 11) is 0. The summed E-state index contributed by atoms with van der Waals surface area (Å²) in [6, 6.07) is 0.208. The second kappa shape index (κ2) is 4.20. The van der Waals surface area contributed by atoms with E-state index in [0.29, 0.717) is 12.2 Å². The van der Waals surface area contributed by atoms with Gasteiger partial charge in [-0.3, -0.25) is 9.48 Å². The molecule has 1 atom stereocenters. The maximum Gasteiger partial charge on any atom is 0.357 e. The van der Waals surface area contributed by atoms with E-state index in [-0.39, 0.29) is 17.3 Å². The first-order chi connectivity index (χ1) is 8.69. The summed E-state index contributed by atoms with van der Waals surface area (Å²) < 4.78 is 1.68. The third kappa shape index (κ3) is 1.73. The van der Waals surface area contributed by atoms with Gasteiger partial charge in [-0.15, -0.1) is 0 Å². The van der Waals surface area contributed by atoms with Gasteiger partial charge in [-0.25, -0.2) is 4.79 Å². The van der Waals surface area contributed by atoms with Gasteiger partial charge in [0, 0.05) is 12.7 Å². The molecule has 0 spiro atoms. The van der Waals surface area contributed by atoms with Crippen molar-refractivity contribution in [3.63, 3.8) is 0 Å². The summed E-state index contributed by atoms with van der Waals surface area (Å²) in [6.45, 7) is 3.15. The molecule has 6 heteroatoms. The summed E-state index contributed by atoms with van der Waals surface area (Å²) >= 11 is 0. The third-order valence-electron chi connectivity index (χ3n) is 4.05. The highest BCUT2D eigenvalue weighted by Crippen LogP contribution is 2.35. The zero-order valence-electron chi connectivity index (χ0n) is 9.95. The van der Waals surface area contributed by atoms with Gasteiger partial charge in [0.25, 0.3) is 0 Å². The number of carboxylic acid groups (broad SMARTS) is 1. The van der Waals surface area contributed by atoms with Gasteiger partial charge in [-0.05, 0) is 31.8 Å². The maximum absolute atomic E-state index is 11.0. The van der Waals surface area contributed by atoms with E-state index in [1.807, 2.05) is 0 Å². The molecule has 0 radical (unpaired) electrons. The van der Waals surface area contributed by atoms with E-state index in [0.717, 1.165) is 32.5 Å². The van der Waals surface area contributed by atoms with Crippen molar-refractivity contribution in [2.45, 2.75) is 18.9 Å². The van der Waals surface area contributed by atoms with Crippen LogP contribution in [0.2, 0.25) is 0 Å². The highest BCUT2D eigenvalue weighted by molar-refractivity contribution is 5.95. The van der Waals surface area contributed by atoms with Crippen LogP contribution in [-0.4, -0.2) is 51.7 Å². The number of carbonyl (C=O) groups is 2. The predicted octanol–water partition coefficient (Wildman–Crippen LogP) is 0.660. The SMILES string of the molecule is O=Cc1cn(C2CN3CCC2CC3)nc1C(=O)O. The third-order valence-corrected chi connectivity index (χ3v) is 4.05. The van der Waals surface area contributed by atoms with Gasteiger partial charge < -0.3 is 10.0 Å². The number of aromatic nitrogens is 2. The van der Waals surface area contributed by atoms with Crippen molar-refractivity contribution in [1.82, 2.24) is 14.7 Å². The fraction of sp³-hybridized carbons (Fsp3) is 0.583. The molecule has 0 aromatic carbocycles. The molecule has 1 unspecified atom stereocenters. The first-order valence-corrected chi connectivity index (χ1v) is 6.19. The van der Waals surface area contributed by atoms with Gasteiger partial charge in [0.1, 0.15) is 0 Å². The lowest BCUT2D eigenvalue weighted by molar-refractivity contribution is 0.0503. The van der Waals surface area contributed by atoms with Crippen LogP contribution in [0, 0.1) is 5.92 Å². The van der Waals surface area contributed by atoms with Gasteiger partial charge >= 0.3 is 5.97 Å². The molecule has 0 aliphatic carbocycles. The van der Waals surface area contributed by atoms with Crippen molar-refractivity contribution >= 4 is 12.3 Å². The summed E-state index contributed by atoms with van der Waals surface area (Å²) in [4.78, 5) is 24.2. The summed E-state index contributed by atoms with van der Waals surface area (Å²) in [5.74, 6) is -0.590. The van der Waals surface area contributed by atoms with Crippen LogP contribution in [0.15, 0.2) is 6.20 Å². The molecule has 1 aromatic heterocycles. The zero-order chi connectivity index (χ0) is 12.7. The number of carboxylic acids is 1. The van der Waals surface area contributed by atoms with Gasteiger partial charge in [0.05, 0.1) is 11.6 Å². The molecular weight excluding hydrogens is 234 g/mol. The number of rotatable bonds is 3. The van der Waals surface area contributed by atoms with Crippen LogP contribution in [0.5, 0.6) is 0 Å². The van der Waals surface area contributed by atoms with E-state index < -0.39 is 5.97 Å². The maximum atomic E-state index is 11.0. The first-order valence-electron chi connectivity index (χ1n) is 6.19. The van der Waals surface area contributed by atoms with Crippen molar-refractivity contribution < 1.29 is 14.7 Å². The van der Waals surface area contributed by atoms with E-state index in [1.165, 1.54) is 0 Å². The summed E-state index contributed by atoms with van der Waals surface area (Å²) in [5, 5.41) is 13.1. The number of nitrogens with zero attached hydrogens (tertiary/aromatic N) is 3. The molecule has 6 nitrogen and oxygen atoms in total. The Hall–Kier alpha value is -1.69. The van der Waals surface area contributed by atoms with Crippen LogP contribution < -0.4 is 0 Å². The van der Waals surface area contributed by atoms with Crippen molar-refractivity contribution in [3.8, 4) is 0 Å². The van der Waals surface area contributed by atoms with E-state index in [9.17, 15) is 9.59 Å². The van der Waals surface area contributed by atoms with Crippen LogP contribution in [0.4, 0.5) is 0 Å². The lowest BCUT2D eigenvalue weighted by Gasteiger charge is -2.44. The van der Waals surface area contributed by atoms with Crippen LogP contribution in [0.3, 0.4) is 0 Å². The number of piperidine rings is 3. The van der Waals surface area contributed by atoms with Crippen LogP contribution in [-0.2, 0) is 0 Å². The van der Waals surface area contributed by atoms with Crippen molar-refractivity contribution in [3.05, 3.63) is 17.5 Å². The van der Waals surface area contributed by atoms with E-state index in [4.69, 9.17) is 5.11 Å². The number of hydrogen-bond donors (Lipinski definition) is 1. The molecule has 0 amide bonds. The molecule has 2 bridgehead atoms. The quantitative estimate of drug-likeness (QED) is 0.796. The number of hydrogen-bond acceptors (Lipinski definition) is 4. The zero-order valence-corrected chi connectivity index (χ0v) is 9.95. The molecule has 18 heavy (non-hydrogen) atoms. The Balaban J connectivity index is 1.92. The molecule has 4 heterocycles. The Bertz CT molecular complexity index is 489. The van der Waals surface area contributed by atoms with E-state index in [2.05, 4.69) is 10.00 Å². The fourth-order valence-electron chi connectivity index (χ4n) is 3.06. The summed E-state index contributed by atoms with van der Waals surface area (Å²) in [6.07, 6.45) is 4.39. The topological polar surface area (TPSA) is 75.4 Å². The molecule has 0 saturated carbocycles. The Labute approximate surface area is 104 Å². The number of aldehydes is 1. The molecular formula is C12H15N3O3. The molecule has 1 aromatic rings. The molecule has 96 valence electrons. The summed E-state index contributed by atoms with van der Waals surface area (Å²) in [5.41, 5.74) is 0.0281. The van der Waals surface area contributed by atoms with Crippen LogP contribution in [0.25, 0.3) is 0 Å². The van der Waals surface area contributed by atoms with Crippen LogP contribution >= 0.6 is 0 Å². The van der Waals surface area contributed by atoms with E-state index >= 15 is 0 Å². The monoisotopic (exact) mass is 249 g/mol. The Morgan fingerprint density at radius 2 is 2.17 bits per heavy atom. The lowest BCUT2D eigenvalue weighted by Crippen LogP contribution is -2.48. The minimum absolute atomic E-state index is 0.138. The van der Waals surface area contributed by atoms with Gasteiger partial charge in [-0.2, -0.15) is 5.10 Å². The average molecular weight is 249 g/mol. The Kier molecular flexibility index (Phi) is 2.66. The second-order valence-corrected chi connectivity index (χ2v) is 5.04. The number of carbonyl (C=O) groups excluding carboxylic acids is 1. The average Bonchev–Trinajstić information content (AvgIpc) is 2.84. The van der Waals surface area contributed by atoms with Crippen molar-refractivity contribution in [2.24, 2.45) is 5.92 Å². The highest BCUT2D eigenvalue weighted by Gasteiger charge is 2.36. The van der Waals surface area contributed by atoms with Gasteiger partial charge in [-0.1, -0.05) is 0 Å². The second-order valence-electron chi connectivity index (χ2n) is 5.04. The van der Waals surface area contributed by atoms with E-state index in [1.54, 1.807) is 10.9 Å². The number of aromatic carboxylic acids is 1. The molecule has 1 N–H and O–H groups in total. The Morgan fingerprint density at radius 1 is 1.44 bits per heavy atom. The fourth-order valence-corrected chi connectivity index (χ4v) is 3.06. The smallest absolute Gasteiger partial charge is 0.357 e.